The van der Waals surface area contributed by atoms with Gasteiger partial charge in [-0.25, -0.2) is 13.8 Å². The number of hydrogen-bond acceptors (Lipinski definition) is 6. The van der Waals surface area contributed by atoms with Crippen LogP contribution in [0.4, 0.5) is 18.0 Å². The Balaban J connectivity index is 2.26. The van der Waals surface area contributed by atoms with E-state index >= 15 is 0 Å². The molecule has 2 rings (SSSR count). The van der Waals surface area contributed by atoms with Crippen LogP contribution in [0.1, 0.15) is 59.1 Å². The summed E-state index contributed by atoms with van der Waals surface area (Å²) in [5.41, 5.74) is -1.95. The van der Waals surface area contributed by atoms with Crippen LogP contribution in [-0.2, 0) is 36.6 Å². The summed E-state index contributed by atoms with van der Waals surface area (Å²) >= 11 is 12.2. The minimum atomic E-state index is -4.68. The predicted molar refractivity (Wildman–Crippen MR) is 155 cm³/mol. The summed E-state index contributed by atoms with van der Waals surface area (Å²) in [7, 11) is -3.49. The van der Waals surface area contributed by atoms with Gasteiger partial charge in [0.2, 0.25) is 0 Å². The van der Waals surface area contributed by atoms with E-state index in [-0.39, 0.29) is 29.2 Å². The van der Waals surface area contributed by atoms with Crippen LogP contribution in [0.3, 0.4) is 0 Å². The largest absolute Gasteiger partial charge is 0.458 e. The fourth-order valence-corrected chi connectivity index (χ4v) is 5.61. The molecule has 0 radical (unpaired) electrons. The highest BCUT2D eigenvalue weighted by molar-refractivity contribution is 7.92. The van der Waals surface area contributed by atoms with Crippen molar-refractivity contribution in [2.75, 3.05) is 11.5 Å². The molecule has 41 heavy (non-hydrogen) atoms. The molecule has 0 aliphatic carbocycles. The SMILES string of the molecule is CC(C)(C)OC(=O)N[C@@H](CCS(=N)(=O)CCc1cc(-c2ccc(Cl)cc2Cl)ccc1C(F)(F)F)C(=O)OC(C)(C)C. The standard InChI is InChI=1S/C28H35Cl2F3N2O5S/c1-26(2,3)39-24(36)23(35-25(37)40-27(4,5)6)12-14-41(34,38)13-11-18-15-17(7-10-21(18)28(31,32)33)20-9-8-19(29)16-22(20)30/h7-10,15-16,23,34H,11-14H2,1-6H3,(H,35,37)/t23-,41?/m0/s1. The van der Waals surface area contributed by atoms with Crippen molar-refractivity contribution in [1.82, 2.24) is 5.32 Å². The molecule has 0 bridgehead atoms. The predicted octanol–water partition coefficient (Wildman–Crippen LogP) is 7.89. The fourth-order valence-electron chi connectivity index (χ4n) is 3.72. The highest BCUT2D eigenvalue weighted by Crippen LogP contribution is 2.37. The van der Waals surface area contributed by atoms with Crippen LogP contribution < -0.4 is 5.32 Å². The van der Waals surface area contributed by atoms with Crippen LogP contribution in [0.25, 0.3) is 11.1 Å². The van der Waals surface area contributed by atoms with Gasteiger partial charge in [-0.05, 0) is 83.7 Å². The molecule has 13 heteroatoms. The minimum absolute atomic E-state index is 0.156. The van der Waals surface area contributed by atoms with Crippen molar-refractivity contribution in [3.05, 3.63) is 57.6 Å². The summed E-state index contributed by atoms with van der Waals surface area (Å²) in [6, 6.07) is 6.84. The first-order valence-electron chi connectivity index (χ1n) is 12.7. The zero-order valence-corrected chi connectivity index (χ0v) is 26.0. The Labute approximate surface area is 249 Å². The zero-order chi connectivity index (χ0) is 31.4. The van der Waals surface area contributed by atoms with E-state index in [4.69, 9.17) is 37.5 Å². The van der Waals surface area contributed by atoms with Crippen LogP contribution in [0.5, 0.6) is 0 Å². The molecular weight excluding hydrogens is 604 g/mol. The van der Waals surface area contributed by atoms with Crippen molar-refractivity contribution >= 4 is 45.0 Å². The Morgan fingerprint density at radius 3 is 2.10 bits per heavy atom. The van der Waals surface area contributed by atoms with Crippen molar-refractivity contribution in [2.45, 2.75) is 77.8 Å². The lowest BCUT2D eigenvalue weighted by atomic mass is 9.97. The summed E-state index contributed by atoms with van der Waals surface area (Å²) in [6.45, 7) is 9.80. The Morgan fingerprint density at radius 1 is 0.951 bits per heavy atom. The molecule has 228 valence electrons. The second kappa shape index (κ2) is 13.2. The first kappa shape index (κ1) is 34.7. The number of nitrogens with one attached hydrogen (secondary N) is 2. The monoisotopic (exact) mass is 638 g/mol. The van der Waals surface area contributed by atoms with Crippen LogP contribution in [-0.4, -0.2) is 45.0 Å². The molecule has 2 N–H and O–H groups in total. The van der Waals surface area contributed by atoms with E-state index in [0.29, 0.717) is 16.1 Å². The number of carbonyl (C=O) groups is 2. The number of aryl methyl sites for hydroxylation is 1. The average molecular weight is 640 g/mol. The van der Waals surface area contributed by atoms with Crippen LogP contribution in [0, 0.1) is 4.78 Å². The summed E-state index contributed by atoms with van der Waals surface area (Å²) in [5, 5.41) is 3.01. The number of hydrogen-bond donors (Lipinski definition) is 2. The van der Waals surface area contributed by atoms with E-state index < -0.39 is 56.5 Å². The lowest BCUT2D eigenvalue weighted by molar-refractivity contribution is -0.157. The van der Waals surface area contributed by atoms with Gasteiger partial charge in [-0.2, -0.15) is 13.2 Å². The maximum absolute atomic E-state index is 13.8. The number of ether oxygens (including phenoxy) is 2. The quantitative estimate of drug-likeness (QED) is 0.272. The Bertz CT molecular complexity index is 1370. The fraction of sp³-hybridized carbons (Fsp3) is 0.500. The molecular formula is C28H35Cl2F3N2O5S. The lowest BCUT2D eigenvalue weighted by Gasteiger charge is -2.26. The number of rotatable bonds is 9. The Morgan fingerprint density at radius 2 is 1.56 bits per heavy atom. The molecule has 0 heterocycles. The summed E-state index contributed by atoms with van der Waals surface area (Å²) in [6.07, 6.45) is -6.16. The third-order valence-electron chi connectivity index (χ3n) is 5.47. The van der Waals surface area contributed by atoms with E-state index in [1.54, 1.807) is 53.7 Å². The van der Waals surface area contributed by atoms with Crippen molar-refractivity contribution in [3.8, 4) is 11.1 Å². The Hall–Kier alpha value is -2.50. The summed E-state index contributed by atoms with van der Waals surface area (Å²) < 4.78 is 73.4. The molecule has 0 spiro atoms. The van der Waals surface area contributed by atoms with Gasteiger partial charge in [-0.3, -0.25) is 4.78 Å². The van der Waals surface area contributed by atoms with Gasteiger partial charge in [0.15, 0.2) is 0 Å². The first-order chi connectivity index (χ1) is 18.6. The van der Waals surface area contributed by atoms with Gasteiger partial charge in [0.25, 0.3) is 0 Å². The number of carbonyl (C=O) groups excluding carboxylic acids is 2. The van der Waals surface area contributed by atoms with Gasteiger partial charge < -0.3 is 14.8 Å². The average Bonchev–Trinajstić information content (AvgIpc) is 2.77. The van der Waals surface area contributed by atoms with Crippen LogP contribution >= 0.6 is 23.2 Å². The number of alkyl carbamates (subject to hydrolysis) is 1. The molecule has 1 unspecified atom stereocenters. The second-order valence-corrected chi connectivity index (χ2v) is 14.8. The molecule has 0 aromatic heterocycles. The number of amides is 1. The van der Waals surface area contributed by atoms with E-state index in [0.717, 1.165) is 6.07 Å². The van der Waals surface area contributed by atoms with Gasteiger partial charge in [0.1, 0.15) is 17.2 Å². The number of esters is 1. The van der Waals surface area contributed by atoms with Crippen LogP contribution in [0.15, 0.2) is 36.4 Å². The van der Waals surface area contributed by atoms with Gasteiger partial charge in [0, 0.05) is 36.8 Å². The van der Waals surface area contributed by atoms with Gasteiger partial charge >= 0.3 is 18.2 Å². The molecule has 0 fully saturated rings. The number of halogens is 5. The third-order valence-corrected chi connectivity index (χ3v) is 7.78. The first-order valence-corrected chi connectivity index (χ1v) is 15.3. The van der Waals surface area contributed by atoms with Crippen molar-refractivity contribution in [1.29, 1.82) is 4.78 Å². The maximum Gasteiger partial charge on any atom is 0.416 e. The van der Waals surface area contributed by atoms with Gasteiger partial charge in [-0.15, -0.1) is 0 Å². The zero-order valence-electron chi connectivity index (χ0n) is 23.7. The highest BCUT2D eigenvalue weighted by Gasteiger charge is 2.34. The van der Waals surface area contributed by atoms with Crippen molar-refractivity contribution in [3.63, 3.8) is 0 Å². The van der Waals surface area contributed by atoms with Crippen LogP contribution in [0.2, 0.25) is 10.0 Å². The molecule has 0 saturated heterocycles. The van der Waals surface area contributed by atoms with E-state index in [2.05, 4.69) is 5.32 Å². The van der Waals surface area contributed by atoms with Crippen molar-refractivity contribution < 1.29 is 36.4 Å². The molecule has 0 aliphatic heterocycles. The normalized spacial score (nSPS) is 14.6. The molecule has 0 aliphatic rings. The number of alkyl halides is 3. The topological polar surface area (TPSA) is 106 Å². The van der Waals surface area contributed by atoms with Crippen molar-refractivity contribution in [2.24, 2.45) is 0 Å². The minimum Gasteiger partial charge on any atom is -0.458 e. The lowest BCUT2D eigenvalue weighted by Crippen LogP contribution is -2.46. The highest BCUT2D eigenvalue weighted by atomic mass is 35.5. The summed E-state index contributed by atoms with van der Waals surface area (Å²) in [4.78, 5) is 25.1. The molecule has 0 saturated carbocycles. The molecule has 2 aromatic carbocycles. The maximum atomic E-state index is 13.8. The van der Waals surface area contributed by atoms with Gasteiger partial charge in [0.05, 0.1) is 5.56 Å². The molecule has 7 nitrogen and oxygen atoms in total. The number of benzene rings is 2. The molecule has 1 amide bonds. The summed E-state index contributed by atoms with van der Waals surface area (Å²) in [5.74, 6) is -1.61. The van der Waals surface area contributed by atoms with Gasteiger partial charge in [-0.1, -0.05) is 41.4 Å². The third kappa shape index (κ3) is 11.7. The molecule has 2 atom stereocenters. The smallest absolute Gasteiger partial charge is 0.416 e. The second-order valence-electron chi connectivity index (χ2n) is 11.5. The van der Waals surface area contributed by atoms with E-state index in [1.165, 1.54) is 18.2 Å². The van der Waals surface area contributed by atoms with E-state index in [1.807, 2.05) is 0 Å². The molecule has 2 aromatic rings. The Kier molecular flexibility index (Phi) is 11.2. The van der Waals surface area contributed by atoms with E-state index in [9.17, 15) is 27.0 Å².